The summed E-state index contributed by atoms with van der Waals surface area (Å²) in [5.74, 6) is 0.0279. The highest BCUT2D eigenvalue weighted by Crippen LogP contribution is 2.49. The Labute approximate surface area is 159 Å². The third-order valence-corrected chi connectivity index (χ3v) is 5.79. The fraction of sp³-hybridized carbons (Fsp3) is 0.273. The number of aromatic amines is 1. The van der Waals surface area contributed by atoms with Crippen LogP contribution in [0.1, 0.15) is 37.1 Å². The van der Waals surface area contributed by atoms with E-state index in [-0.39, 0.29) is 5.52 Å². The monoisotopic (exact) mass is 379 g/mol. The number of nitrogens with zero attached hydrogens (tertiary/aromatic N) is 2. The molecule has 0 bridgehead atoms. The van der Waals surface area contributed by atoms with E-state index in [9.17, 15) is 13.6 Å². The number of nitrogens with one attached hydrogen (secondary N) is 1. The van der Waals surface area contributed by atoms with Crippen LogP contribution in [-0.4, -0.2) is 14.5 Å². The smallest absolute Gasteiger partial charge is 0.248 e. The molecule has 0 radical (unpaired) electrons. The SMILES string of the molecule is CCC1CC1c1nc2ccccc2n1Cc1cc(=O)[nH]c2c(F)c(F)ccc12. The molecule has 0 saturated heterocycles. The van der Waals surface area contributed by atoms with Crippen LogP contribution in [0.25, 0.3) is 21.9 Å². The summed E-state index contributed by atoms with van der Waals surface area (Å²) >= 11 is 0. The standard InChI is InChI=1S/C22H19F2N3O/c1-2-12-9-15(12)22-25-17-5-3-4-6-18(17)27(22)11-13-10-19(28)26-21-14(13)7-8-16(23)20(21)24/h3-8,10,12,15H,2,9,11H2,1H3,(H,26,28). The number of para-hydroxylation sites is 2. The molecule has 5 rings (SSSR count). The highest BCUT2D eigenvalue weighted by molar-refractivity contribution is 5.83. The number of imidazole rings is 1. The molecule has 142 valence electrons. The first-order valence-corrected chi connectivity index (χ1v) is 9.52. The summed E-state index contributed by atoms with van der Waals surface area (Å²) < 4.78 is 30.0. The van der Waals surface area contributed by atoms with E-state index in [0.717, 1.165) is 35.8 Å². The van der Waals surface area contributed by atoms with Gasteiger partial charge < -0.3 is 9.55 Å². The summed E-state index contributed by atoms with van der Waals surface area (Å²) in [4.78, 5) is 19.4. The second-order valence-electron chi connectivity index (χ2n) is 7.50. The number of rotatable bonds is 4. The van der Waals surface area contributed by atoms with Gasteiger partial charge in [-0.2, -0.15) is 0 Å². The predicted molar refractivity (Wildman–Crippen MR) is 104 cm³/mol. The molecule has 2 heterocycles. The lowest BCUT2D eigenvalue weighted by Crippen LogP contribution is -2.12. The van der Waals surface area contributed by atoms with Crippen molar-refractivity contribution in [3.63, 3.8) is 0 Å². The Balaban J connectivity index is 1.70. The number of benzene rings is 2. The van der Waals surface area contributed by atoms with Crippen molar-refractivity contribution < 1.29 is 8.78 Å². The van der Waals surface area contributed by atoms with Crippen LogP contribution >= 0.6 is 0 Å². The van der Waals surface area contributed by atoms with Crippen LogP contribution in [0.5, 0.6) is 0 Å². The van der Waals surface area contributed by atoms with Crippen molar-refractivity contribution in [3.8, 4) is 0 Å². The van der Waals surface area contributed by atoms with E-state index >= 15 is 0 Å². The van der Waals surface area contributed by atoms with Gasteiger partial charge in [-0.25, -0.2) is 13.8 Å². The van der Waals surface area contributed by atoms with Gasteiger partial charge in [0.1, 0.15) is 5.82 Å². The molecule has 4 nitrogen and oxygen atoms in total. The first kappa shape index (κ1) is 17.1. The molecule has 2 atom stereocenters. The average molecular weight is 379 g/mol. The van der Waals surface area contributed by atoms with Crippen LogP contribution in [0.4, 0.5) is 8.78 Å². The first-order valence-electron chi connectivity index (χ1n) is 9.52. The second-order valence-corrected chi connectivity index (χ2v) is 7.50. The lowest BCUT2D eigenvalue weighted by atomic mass is 10.1. The topological polar surface area (TPSA) is 50.7 Å². The molecular weight excluding hydrogens is 360 g/mol. The molecule has 4 aromatic rings. The molecule has 1 saturated carbocycles. The van der Waals surface area contributed by atoms with Crippen molar-refractivity contribution in [2.24, 2.45) is 5.92 Å². The fourth-order valence-electron chi connectivity index (χ4n) is 4.20. The van der Waals surface area contributed by atoms with E-state index in [2.05, 4.69) is 16.5 Å². The van der Waals surface area contributed by atoms with Gasteiger partial charge in [-0.3, -0.25) is 4.79 Å². The molecule has 28 heavy (non-hydrogen) atoms. The summed E-state index contributed by atoms with van der Waals surface area (Å²) in [6.45, 7) is 2.56. The number of H-pyrrole nitrogens is 1. The molecule has 2 unspecified atom stereocenters. The molecule has 1 aliphatic carbocycles. The van der Waals surface area contributed by atoms with Crippen LogP contribution in [0.3, 0.4) is 0 Å². The lowest BCUT2D eigenvalue weighted by molar-refractivity contribution is 0.515. The van der Waals surface area contributed by atoms with Gasteiger partial charge in [0.05, 0.1) is 23.1 Å². The minimum absolute atomic E-state index is 0.0914. The minimum atomic E-state index is -1.03. The van der Waals surface area contributed by atoms with Crippen LogP contribution < -0.4 is 5.56 Å². The first-order chi connectivity index (χ1) is 13.6. The number of hydrogen-bond donors (Lipinski definition) is 1. The van der Waals surface area contributed by atoms with E-state index in [0.29, 0.717) is 29.3 Å². The molecule has 0 spiro atoms. The summed E-state index contributed by atoms with van der Waals surface area (Å²) in [5.41, 5.74) is 2.00. The number of aromatic nitrogens is 3. The Morgan fingerprint density at radius 1 is 1.21 bits per heavy atom. The largest absolute Gasteiger partial charge is 0.323 e. The minimum Gasteiger partial charge on any atom is -0.323 e. The zero-order valence-corrected chi connectivity index (χ0v) is 15.4. The second kappa shape index (κ2) is 6.26. The third kappa shape index (κ3) is 2.63. The molecule has 1 aliphatic rings. The van der Waals surface area contributed by atoms with E-state index < -0.39 is 17.2 Å². The van der Waals surface area contributed by atoms with Gasteiger partial charge in [-0.1, -0.05) is 25.5 Å². The number of fused-ring (bicyclic) bond motifs is 2. The van der Waals surface area contributed by atoms with E-state index in [1.807, 2.05) is 24.3 Å². The van der Waals surface area contributed by atoms with Gasteiger partial charge >= 0.3 is 0 Å². The van der Waals surface area contributed by atoms with Crippen molar-refractivity contribution in [3.05, 3.63) is 75.8 Å². The van der Waals surface area contributed by atoms with Crippen LogP contribution in [0.15, 0.2) is 47.3 Å². The van der Waals surface area contributed by atoms with Crippen LogP contribution in [-0.2, 0) is 6.54 Å². The fourth-order valence-corrected chi connectivity index (χ4v) is 4.20. The molecule has 2 aromatic carbocycles. The van der Waals surface area contributed by atoms with Crippen LogP contribution in [0, 0.1) is 17.6 Å². The Kier molecular flexibility index (Phi) is 3.82. The number of halogens is 2. The van der Waals surface area contributed by atoms with Crippen molar-refractivity contribution in [2.45, 2.75) is 32.2 Å². The maximum absolute atomic E-state index is 14.2. The summed E-state index contributed by atoms with van der Waals surface area (Å²) in [5, 5.41) is 0.505. The van der Waals surface area contributed by atoms with E-state index in [1.54, 1.807) is 0 Å². The highest BCUT2D eigenvalue weighted by atomic mass is 19.2. The Morgan fingerprint density at radius 2 is 2.04 bits per heavy atom. The Morgan fingerprint density at radius 3 is 2.82 bits per heavy atom. The maximum Gasteiger partial charge on any atom is 0.248 e. The van der Waals surface area contributed by atoms with E-state index in [4.69, 9.17) is 4.98 Å². The maximum atomic E-state index is 14.2. The van der Waals surface area contributed by atoms with Crippen LogP contribution in [0.2, 0.25) is 0 Å². The average Bonchev–Trinajstić information content (AvgIpc) is 3.40. The van der Waals surface area contributed by atoms with Gasteiger partial charge in [0.15, 0.2) is 11.6 Å². The number of pyridine rings is 1. The normalized spacial score (nSPS) is 18.8. The van der Waals surface area contributed by atoms with Crippen molar-refractivity contribution in [2.75, 3.05) is 0 Å². The molecule has 1 N–H and O–H groups in total. The Bertz CT molecular complexity index is 1270. The van der Waals surface area contributed by atoms with Crippen molar-refractivity contribution in [1.82, 2.24) is 14.5 Å². The molecule has 0 aliphatic heterocycles. The van der Waals surface area contributed by atoms with Gasteiger partial charge in [0.25, 0.3) is 0 Å². The summed E-state index contributed by atoms with van der Waals surface area (Å²) in [6, 6.07) is 12.0. The molecular formula is C22H19F2N3O. The van der Waals surface area contributed by atoms with Gasteiger partial charge in [0.2, 0.25) is 5.56 Å². The highest BCUT2D eigenvalue weighted by Gasteiger charge is 2.40. The molecule has 0 amide bonds. The van der Waals surface area contributed by atoms with Crippen molar-refractivity contribution in [1.29, 1.82) is 0 Å². The van der Waals surface area contributed by atoms with E-state index in [1.165, 1.54) is 12.1 Å². The zero-order chi connectivity index (χ0) is 19.4. The molecule has 2 aromatic heterocycles. The van der Waals surface area contributed by atoms with Crippen molar-refractivity contribution >= 4 is 21.9 Å². The van der Waals surface area contributed by atoms with Gasteiger partial charge in [0, 0.05) is 17.4 Å². The predicted octanol–water partition coefficient (Wildman–Crippen LogP) is 4.72. The lowest BCUT2D eigenvalue weighted by Gasteiger charge is -2.12. The Hall–Kier alpha value is -3.02. The third-order valence-electron chi connectivity index (χ3n) is 5.79. The van der Waals surface area contributed by atoms with Gasteiger partial charge in [-0.05, 0) is 42.2 Å². The summed E-state index contributed by atoms with van der Waals surface area (Å²) in [6.07, 6.45) is 2.21. The zero-order valence-electron chi connectivity index (χ0n) is 15.4. The number of hydrogen-bond acceptors (Lipinski definition) is 2. The quantitative estimate of drug-likeness (QED) is 0.558. The summed E-state index contributed by atoms with van der Waals surface area (Å²) in [7, 11) is 0. The molecule has 1 fully saturated rings. The molecule has 6 heteroatoms. The van der Waals surface area contributed by atoms with Gasteiger partial charge in [-0.15, -0.1) is 0 Å².